The van der Waals surface area contributed by atoms with E-state index in [2.05, 4.69) is 19.9 Å². The average molecular weight is 325 g/mol. The molecule has 0 radical (unpaired) electrons. The number of amides is 1. The number of carbonyl (C=O) groups excluding carboxylic acids is 1. The Morgan fingerprint density at radius 3 is 2.62 bits per heavy atom. The number of nitrogens with one attached hydrogen (secondary N) is 1. The summed E-state index contributed by atoms with van der Waals surface area (Å²) in [5.41, 5.74) is 1.96. The predicted octanol–water partition coefficient (Wildman–Crippen LogP) is 0.964. The molecule has 7 nitrogen and oxygen atoms in total. The largest absolute Gasteiger partial charge is 0.342 e. The van der Waals surface area contributed by atoms with Gasteiger partial charge in [0.25, 0.3) is 11.5 Å². The van der Waals surface area contributed by atoms with Crippen molar-refractivity contribution >= 4 is 11.9 Å². The number of carbonyl (C=O) groups is 1. The molecule has 124 valence electrons. The maximum absolute atomic E-state index is 12.6. The molecule has 1 N–H and O–H groups in total. The maximum atomic E-state index is 12.6. The van der Waals surface area contributed by atoms with Crippen LogP contribution in [0.2, 0.25) is 0 Å². The summed E-state index contributed by atoms with van der Waals surface area (Å²) in [6.07, 6.45) is 5.99. The van der Waals surface area contributed by atoms with Crippen molar-refractivity contribution in [1.29, 1.82) is 0 Å². The van der Waals surface area contributed by atoms with Gasteiger partial charge in [0, 0.05) is 43.2 Å². The number of nitrogens with zero attached hydrogens (tertiary/aromatic N) is 4. The van der Waals surface area contributed by atoms with E-state index in [1.165, 1.54) is 0 Å². The number of fused-ring (bicyclic) bond motifs is 1. The van der Waals surface area contributed by atoms with Crippen LogP contribution in [0.5, 0.6) is 0 Å². The summed E-state index contributed by atoms with van der Waals surface area (Å²) >= 11 is 0. The second-order valence-corrected chi connectivity index (χ2v) is 6.22. The number of aromatic amines is 1. The van der Waals surface area contributed by atoms with Gasteiger partial charge < -0.3 is 9.80 Å². The van der Waals surface area contributed by atoms with Crippen LogP contribution in [-0.4, -0.2) is 45.4 Å². The first-order valence-electron chi connectivity index (χ1n) is 8.29. The molecular formula is C17H19N5O2. The highest BCUT2D eigenvalue weighted by molar-refractivity contribution is 5.94. The molecular weight excluding hydrogens is 306 g/mol. The predicted molar refractivity (Wildman–Crippen MR) is 89.0 cm³/mol. The second-order valence-electron chi connectivity index (χ2n) is 6.22. The van der Waals surface area contributed by atoms with Gasteiger partial charge in [-0.3, -0.25) is 19.6 Å². The molecule has 2 aromatic heterocycles. The van der Waals surface area contributed by atoms with Gasteiger partial charge in [-0.2, -0.15) is 0 Å². The van der Waals surface area contributed by atoms with E-state index in [0.29, 0.717) is 42.3 Å². The van der Waals surface area contributed by atoms with Gasteiger partial charge in [0.2, 0.25) is 5.95 Å². The summed E-state index contributed by atoms with van der Waals surface area (Å²) in [7, 11) is 0. The Hall–Kier alpha value is -2.70. The molecule has 0 spiro atoms. The summed E-state index contributed by atoms with van der Waals surface area (Å²) in [5.74, 6) is 0.585. The van der Waals surface area contributed by atoms with Crippen LogP contribution in [0.25, 0.3) is 0 Å². The number of anilines is 1. The summed E-state index contributed by atoms with van der Waals surface area (Å²) in [6.45, 7) is 2.74. The molecule has 7 heteroatoms. The standard InChI is InChI=1S/C17H19N5O2/c23-15-13-5-10-22(16(24)12-3-6-18-7-4-12)11-14(13)19-17(20-15)21-8-1-2-9-21/h3-4,6-7H,1-2,5,8-11H2,(H,19,20,23). The number of H-pyrrole nitrogens is 1. The normalized spacial score (nSPS) is 17.0. The molecule has 2 aliphatic rings. The lowest BCUT2D eigenvalue weighted by Crippen LogP contribution is -2.39. The van der Waals surface area contributed by atoms with Crippen LogP contribution in [0.3, 0.4) is 0 Å². The van der Waals surface area contributed by atoms with Gasteiger partial charge in [0.1, 0.15) is 0 Å². The van der Waals surface area contributed by atoms with Gasteiger partial charge in [-0.25, -0.2) is 4.98 Å². The van der Waals surface area contributed by atoms with E-state index in [4.69, 9.17) is 0 Å². The van der Waals surface area contributed by atoms with Gasteiger partial charge in [-0.1, -0.05) is 0 Å². The number of hydrogen-bond donors (Lipinski definition) is 1. The fraction of sp³-hybridized carbons (Fsp3) is 0.412. The molecule has 0 bridgehead atoms. The van der Waals surface area contributed by atoms with Crippen LogP contribution >= 0.6 is 0 Å². The van der Waals surface area contributed by atoms with Gasteiger partial charge in [0.05, 0.1) is 12.2 Å². The van der Waals surface area contributed by atoms with Gasteiger partial charge in [0.15, 0.2) is 0 Å². The number of hydrogen-bond acceptors (Lipinski definition) is 5. The minimum atomic E-state index is -0.0714. The fourth-order valence-electron chi connectivity index (χ4n) is 3.36. The highest BCUT2D eigenvalue weighted by Gasteiger charge is 2.26. The summed E-state index contributed by atoms with van der Waals surface area (Å²) < 4.78 is 0. The number of pyridine rings is 1. The van der Waals surface area contributed by atoms with Crippen molar-refractivity contribution in [3.8, 4) is 0 Å². The molecule has 0 unspecified atom stereocenters. The Balaban J connectivity index is 1.62. The summed E-state index contributed by atoms with van der Waals surface area (Å²) in [6, 6.07) is 3.41. The smallest absolute Gasteiger partial charge is 0.255 e. The van der Waals surface area contributed by atoms with Crippen molar-refractivity contribution in [2.45, 2.75) is 25.8 Å². The lowest BCUT2D eigenvalue weighted by molar-refractivity contribution is 0.0731. The molecule has 0 aliphatic carbocycles. The molecule has 24 heavy (non-hydrogen) atoms. The van der Waals surface area contributed by atoms with Crippen molar-refractivity contribution < 1.29 is 4.79 Å². The van der Waals surface area contributed by atoms with E-state index >= 15 is 0 Å². The third-order valence-electron chi connectivity index (χ3n) is 4.68. The minimum Gasteiger partial charge on any atom is -0.342 e. The Kier molecular flexibility index (Phi) is 3.76. The van der Waals surface area contributed by atoms with Crippen LogP contribution < -0.4 is 10.5 Å². The van der Waals surface area contributed by atoms with Crippen molar-refractivity contribution in [3.63, 3.8) is 0 Å². The molecule has 0 aromatic carbocycles. The van der Waals surface area contributed by atoms with E-state index in [0.717, 1.165) is 25.9 Å². The van der Waals surface area contributed by atoms with Crippen LogP contribution in [0, 0.1) is 0 Å². The molecule has 2 aromatic rings. The number of aromatic nitrogens is 3. The van der Waals surface area contributed by atoms with Gasteiger partial charge in [-0.15, -0.1) is 0 Å². The van der Waals surface area contributed by atoms with E-state index in [1.807, 2.05) is 0 Å². The molecule has 0 atom stereocenters. The maximum Gasteiger partial charge on any atom is 0.255 e. The monoisotopic (exact) mass is 325 g/mol. The van der Waals surface area contributed by atoms with E-state index in [9.17, 15) is 9.59 Å². The topological polar surface area (TPSA) is 82.2 Å². The Morgan fingerprint density at radius 1 is 1.12 bits per heavy atom. The van der Waals surface area contributed by atoms with Gasteiger partial charge in [-0.05, 0) is 31.4 Å². The lowest BCUT2D eigenvalue weighted by Gasteiger charge is -2.28. The Morgan fingerprint density at radius 2 is 1.88 bits per heavy atom. The molecule has 4 heterocycles. The van der Waals surface area contributed by atoms with Crippen molar-refractivity contribution in [2.24, 2.45) is 0 Å². The third-order valence-corrected chi connectivity index (χ3v) is 4.68. The first-order valence-corrected chi connectivity index (χ1v) is 8.29. The Labute approximate surface area is 139 Å². The zero-order valence-corrected chi connectivity index (χ0v) is 13.4. The van der Waals surface area contributed by atoms with Crippen LogP contribution in [-0.2, 0) is 13.0 Å². The highest BCUT2D eigenvalue weighted by atomic mass is 16.2. The molecule has 2 aliphatic heterocycles. The van der Waals surface area contributed by atoms with Crippen LogP contribution in [0.4, 0.5) is 5.95 Å². The van der Waals surface area contributed by atoms with Crippen LogP contribution in [0.1, 0.15) is 34.5 Å². The fourth-order valence-corrected chi connectivity index (χ4v) is 3.36. The summed E-state index contributed by atoms with van der Waals surface area (Å²) in [5, 5.41) is 0. The minimum absolute atomic E-state index is 0.0483. The van der Waals surface area contributed by atoms with Crippen LogP contribution in [0.15, 0.2) is 29.3 Å². The van der Waals surface area contributed by atoms with E-state index in [1.54, 1.807) is 29.4 Å². The second kappa shape index (κ2) is 6.07. The quantitative estimate of drug-likeness (QED) is 0.889. The van der Waals surface area contributed by atoms with Crippen molar-refractivity contribution in [2.75, 3.05) is 24.5 Å². The molecule has 1 saturated heterocycles. The number of rotatable bonds is 2. The average Bonchev–Trinajstić information content (AvgIpc) is 3.16. The highest BCUT2D eigenvalue weighted by Crippen LogP contribution is 2.20. The molecule has 1 amide bonds. The molecule has 4 rings (SSSR count). The lowest BCUT2D eigenvalue weighted by atomic mass is 10.1. The van der Waals surface area contributed by atoms with Gasteiger partial charge >= 0.3 is 0 Å². The first kappa shape index (κ1) is 14.9. The molecule has 0 saturated carbocycles. The SMILES string of the molecule is O=C(c1ccncc1)N1CCc2c(nc(N3CCCC3)[nH]c2=O)C1. The van der Waals surface area contributed by atoms with E-state index in [-0.39, 0.29) is 11.5 Å². The summed E-state index contributed by atoms with van der Waals surface area (Å²) in [4.78, 5) is 40.3. The Bertz CT molecular complexity index is 811. The van der Waals surface area contributed by atoms with E-state index < -0.39 is 0 Å². The molecule has 1 fully saturated rings. The zero-order valence-electron chi connectivity index (χ0n) is 13.4. The third kappa shape index (κ3) is 2.66. The first-order chi connectivity index (χ1) is 11.7. The van der Waals surface area contributed by atoms with Crippen molar-refractivity contribution in [3.05, 3.63) is 51.7 Å². The van der Waals surface area contributed by atoms with Crippen molar-refractivity contribution in [1.82, 2.24) is 19.9 Å². The zero-order chi connectivity index (χ0) is 16.5.